The Morgan fingerprint density at radius 3 is 2.74 bits per heavy atom. The third kappa shape index (κ3) is 5.69. The molecule has 3 aliphatic heterocycles. The number of rotatable bonds is 11. The summed E-state index contributed by atoms with van der Waals surface area (Å²) in [6.07, 6.45) is 2.98. The van der Waals surface area contributed by atoms with Crippen LogP contribution >= 0.6 is 0 Å². The number of nitrogens with zero attached hydrogens (tertiary/aromatic N) is 5. The fourth-order valence-electron chi connectivity index (χ4n) is 7.51. The number of alkyl halides is 1. The molecular weight excluding hydrogens is 615 g/mol. The van der Waals surface area contributed by atoms with Crippen molar-refractivity contribution in [1.29, 1.82) is 0 Å². The average Bonchev–Trinajstić information content (AvgIpc) is 3.56. The van der Waals surface area contributed by atoms with Crippen molar-refractivity contribution < 1.29 is 37.3 Å². The SMILES string of the molecule is CCc1c(F)ccc2cc(OCOC)cc(-c3ncc4c(N5CC(CC(=O)O)C5)nc(OC[C@@]56CCCN5C[C@H](F)C6)nc4c3F)c12. The number of fused-ring (bicyclic) bond motifs is 3. The summed E-state index contributed by atoms with van der Waals surface area (Å²) in [5, 5.41) is 10.8. The molecule has 0 bridgehead atoms. The minimum absolute atomic E-state index is 0.00721. The van der Waals surface area contributed by atoms with Crippen molar-refractivity contribution in [3.63, 3.8) is 0 Å². The van der Waals surface area contributed by atoms with E-state index >= 15 is 8.78 Å². The number of anilines is 1. The highest BCUT2D eigenvalue weighted by atomic mass is 19.1. The minimum Gasteiger partial charge on any atom is -0.481 e. The van der Waals surface area contributed by atoms with E-state index in [9.17, 15) is 14.3 Å². The zero-order valence-electron chi connectivity index (χ0n) is 26.3. The van der Waals surface area contributed by atoms with Crippen molar-refractivity contribution in [2.75, 3.05) is 51.6 Å². The highest BCUT2D eigenvalue weighted by Crippen LogP contribution is 2.42. The number of carboxylic acid groups (broad SMARTS) is 1. The van der Waals surface area contributed by atoms with Crippen LogP contribution in [0, 0.1) is 17.6 Å². The van der Waals surface area contributed by atoms with Gasteiger partial charge in [0.1, 0.15) is 41.4 Å². The minimum atomic E-state index is -0.943. The van der Waals surface area contributed by atoms with Crippen LogP contribution in [0.1, 0.15) is 38.2 Å². The van der Waals surface area contributed by atoms with E-state index in [0.29, 0.717) is 71.3 Å². The first-order valence-corrected chi connectivity index (χ1v) is 15.9. The van der Waals surface area contributed by atoms with Gasteiger partial charge in [-0.15, -0.1) is 0 Å². The number of hydrogen-bond acceptors (Lipinski definition) is 9. The van der Waals surface area contributed by atoms with E-state index in [0.717, 1.165) is 19.4 Å². The second-order valence-corrected chi connectivity index (χ2v) is 12.7. The van der Waals surface area contributed by atoms with Crippen LogP contribution < -0.4 is 14.4 Å². The maximum Gasteiger partial charge on any atom is 0.319 e. The molecule has 3 fully saturated rings. The van der Waals surface area contributed by atoms with E-state index in [-0.39, 0.29) is 43.0 Å². The first-order chi connectivity index (χ1) is 22.7. The molecule has 10 nitrogen and oxygen atoms in total. The highest BCUT2D eigenvalue weighted by molar-refractivity contribution is 6.02. The number of carbonyl (C=O) groups is 1. The summed E-state index contributed by atoms with van der Waals surface area (Å²) in [7, 11) is 1.49. The van der Waals surface area contributed by atoms with Crippen LogP contribution in [0.4, 0.5) is 19.0 Å². The van der Waals surface area contributed by atoms with Gasteiger partial charge in [0.25, 0.3) is 0 Å². The van der Waals surface area contributed by atoms with Crippen LogP contribution in [0.15, 0.2) is 30.5 Å². The first kappa shape index (κ1) is 31.4. The predicted molar refractivity (Wildman–Crippen MR) is 169 cm³/mol. The van der Waals surface area contributed by atoms with Gasteiger partial charge in [0.15, 0.2) is 12.6 Å². The number of ether oxygens (including phenoxy) is 3. The van der Waals surface area contributed by atoms with E-state index in [4.69, 9.17) is 14.2 Å². The third-order valence-corrected chi connectivity index (χ3v) is 9.69. The van der Waals surface area contributed by atoms with Crippen molar-refractivity contribution in [1.82, 2.24) is 19.9 Å². The Morgan fingerprint density at radius 1 is 1.15 bits per heavy atom. The predicted octanol–water partition coefficient (Wildman–Crippen LogP) is 5.53. The van der Waals surface area contributed by atoms with Crippen LogP contribution in [-0.4, -0.2) is 89.3 Å². The summed E-state index contributed by atoms with van der Waals surface area (Å²) in [6, 6.07) is 6.30. The normalized spacial score (nSPS) is 21.4. The number of halogens is 3. The molecule has 248 valence electrons. The molecule has 0 saturated carbocycles. The summed E-state index contributed by atoms with van der Waals surface area (Å²) in [5.41, 5.74) is 0.185. The largest absolute Gasteiger partial charge is 0.481 e. The molecule has 0 amide bonds. The molecule has 0 radical (unpaired) electrons. The van der Waals surface area contributed by atoms with Crippen molar-refractivity contribution in [2.24, 2.45) is 5.92 Å². The lowest BCUT2D eigenvalue weighted by atomic mass is 9.94. The van der Waals surface area contributed by atoms with E-state index in [1.165, 1.54) is 19.4 Å². The number of aromatic nitrogens is 3. The van der Waals surface area contributed by atoms with Gasteiger partial charge in [-0.25, -0.2) is 13.2 Å². The van der Waals surface area contributed by atoms with Gasteiger partial charge in [0.05, 0.1) is 17.3 Å². The van der Waals surface area contributed by atoms with Crippen molar-refractivity contribution in [2.45, 2.75) is 50.7 Å². The Morgan fingerprint density at radius 2 is 1.98 bits per heavy atom. The molecule has 0 aliphatic carbocycles. The van der Waals surface area contributed by atoms with Crippen LogP contribution in [0.5, 0.6) is 11.8 Å². The standard InChI is InChI=1S/C34H36F3N5O5/c1-3-23-26(36)6-5-20-10-22(47-18-45-2)11-24(28(20)23)30-29(37)31-25(13-38-30)32(41-14-19(15-41)9-27(43)44)40-33(39-31)46-17-34-7-4-8-42(34)16-21(35)12-34/h5-6,10-11,13,19,21H,3-4,7-9,12,14-18H2,1-2H3,(H,43,44)/t21-,34+/m1/s1. The molecular formula is C34H36F3N5O5. The van der Waals surface area contributed by atoms with Gasteiger partial charge >= 0.3 is 12.0 Å². The zero-order chi connectivity index (χ0) is 32.9. The number of carboxylic acids is 1. The Bertz CT molecular complexity index is 1860. The van der Waals surface area contributed by atoms with Gasteiger partial charge in [-0.3, -0.25) is 14.7 Å². The number of aryl methyl sites for hydroxylation is 1. The number of aliphatic carboxylic acids is 1. The average molecular weight is 652 g/mol. The van der Waals surface area contributed by atoms with E-state index in [2.05, 4.69) is 19.9 Å². The van der Waals surface area contributed by atoms with E-state index < -0.39 is 29.3 Å². The number of hydrogen-bond donors (Lipinski definition) is 1. The van der Waals surface area contributed by atoms with Crippen molar-refractivity contribution in [3.05, 3.63) is 47.7 Å². The van der Waals surface area contributed by atoms with E-state index in [1.54, 1.807) is 18.2 Å². The van der Waals surface area contributed by atoms with Crippen molar-refractivity contribution >= 4 is 33.5 Å². The molecule has 13 heteroatoms. The van der Waals surface area contributed by atoms with Gasteiger partial charge in [-0.05, 0) is 60.3 Å². The molecule has 2 atom stereocenters. The van der Waals surface area contributed by atoms with E-state index in [1.807, 2.05) is 11.8 Å². The lowest BCUT2D eigenvalue weighted by Crippen LogP contribution is -2.48. The Labute approximate surface area is 269 Å². The van der Waals surface area contributed by atoms with Crippen molar-refractivity contribution in [3.8, 4) is 23.0 Å². The summed E-state index contributed by atoms with van der Waals surface area (Å²) in [4.78, 5) is 29.0. The fraction of sp³-hybridized carbons (Fsp3) is 0.471. The number of benzene rings is 2. The molecule has 3 saturated heterocycles. The van der Waals surface area contributed by atoms with Gasteiger partial charge in [0.2, 0.25) is 0 Å². The molecule has 0 unspecified atom stereocenters. The molecule has 4 aromatic rings. The molecule has 1 N–H and O–H groups in total. The molecule has 5 heterocycles. The molecule has 47 heavy (non-hydrogen) atoms. The summed E-state index contributed by atoms with van der Waals surface area (Å²) in [5.74, 6) is -1.37. The zero-order valence-corrected chi connectivity index (χ0v) is 26.3. The second kappa shape index (κ2) is 12.4. The molecule has 7 rings (SSSR count). The topological polar surface area (TPSA) is 110 Å². The maximum absolute atomic E-state index is 16.9. The van der Waals surface area contributed by atoms with Crippen LogP contribution in [0.2, 0.25) is 0 Å². The molecule has 2 aromatic carbocycles. The highest BCUT2D eigenvalue weighted by Gasteiger charge is 2.49. The summed E-state index contributed by atoms with van der Waals surface area (Å²) >= 11 is 0. The quantitative estimate of drug-likeness (QED) is 0.208. The number of pyridine rings is 1. The summed E-state index contributed by atoms with van der Waals surface area (Å²) in [6.45, 7) is 3.90. The monoisotopic (exact) mass is 651 g/mol. The van der Waals surface area contributed by atoms with Gasteiger partial charge < -0.3 is 24.2 Å². The lowest BCUT2D eigenvalue weighted by molar-refractivity contribution is -0.138. The smallest absolute Gasteiger partial charge is 0.319 e. The molecule has 2 aromatic heterocycles. The van der Waals surface area contributed by atoms with Crippen LogP contribution in [-0.2, 0) is 16.0 Å². The second-order valence-electron chi connectivity index (χ2n) is 12.7. The third-order valence-electron chi connectivity index (χ3n) is 9.69. The van der Waals surface area contributed by atoms with Gasteiger partial charge in [-0.1, -0.05) is 13.0 Å². The van der Waals surface area contributed by atoms with Crippen LogP contribution in [0.3, 0.4) is 0 Å². The maximum atomic E-state index is 16.9. The molecule has 0 spiro atoms. The van der Waals surface area contributed by atoms with Gasteiger partial charge in [0, 0.05) is 50.8 Å². The Kier molecular flexibility index (Phi) is 8.29. The lowest BCUT2D eigenvalue weighted by Gasteiger charge is -2.40. The van der Waals surface area contributed by atoms with Crippen LogP contribution in [0.25, 0.3) is 32.9 Å². The Balaban J connectivity index is 1.35. The first-order valence-electron chi connectivity index (χ1n) is 15.9. The number of methoxy groups -OCH3 is 1. The fourth-order valence-corrected chi connectivity index (χ4v) is 7.51. The molecule has 3 aliphatic rings. The summed E-state index contributed by atoms with van der Waals surface area (Å²) < 4.78 is 63.4. The van der Waals surface area contributed by atoms with Gasteiger partial charge in [-0.2, -0.15) is 9.97 Å². The Hall–Kier alpha value is -4.23.